The number of hydrogen-bond acceptors (Lipinski definition) is 1. The molecule has 0 radical (unpaired) electrons. The van der Waals surface area contributed by atoms with Crippen molar-refractivity contribution < 1.29 is 4.74 Å². The van der Waals surface area contributed by atoms with Crippen molar-refractivity contribution in [2.45, 2.75) is 32.3 Å². The first kappa shape index (κ1) is 7.35. The Hall–Kier alpha value is -0.300. The fraction of sp³-hybridized carbons (Fsp3) is 0.800. The van der Waals surface area contributed by atoms with Crippen molar-refractivity contribution in [1.29, 1.82) is 0 Å². The van der Waals surface area contributed by atoms with Gasteiger partial charge in [-0.3, -0.25) is 0 Å². The van der Waals surface area contributed by atoms with Gasteiger partial charge in [-0.2, -0.15) is 0 Å². The highest BCUT2D eigenvalue weighted by Crippen LogP contribution is 2.40. The highest BCUT2D eigenvalue weighted by atomic mass is 16.6. The molecular formula is C10H16O. The zero-order valence-corrected chi connectivity index (χ0v) is 7.34. The van der Waals surface area contributed by atoms with E-state index < -0.39 is 0 Å². The molecule has 1 heteroatoms. The van der Waals surface area contributed by atoms with E-state index in [9.17, 15) is 0 Å². The topological polar surface area (TPSA) is 12.5 Å². The molecule has 1 heterocycles. The van der Waals surface area contributed by atoms with E-state index in [1.54, 1.807) is 0 Å². The van der Waals surface area contributed by atoms with E-state index in [1.807, 2.05) is 0 Å². The molecule has 0 aromatic heterocycles. The lowest BCUT2D eigenvalue weighted by atomic mass is 9.83. The van der Waals surface area contributed by atoms with Gasteiger partial charge in [0.15, 0.2) is 0 Å². The molecule has 1 nitrogen and oxygen atoms in total. The Balaban J connectivity index is 2.00. The Morgan fingerprint density at radius 1 is 1.55 bits per heavy atom. The van der Waals surface area contributed by atoms with E-state index in [-0.39, 0.29) is 5.60 Å². The maximum atomic E-state index is 5.38. The first-order valence-electron chi connectivity index (χ1n) is 4.55. The van der Waals surface area contributed by atoms with Crippen LogP contribution in [0.15, 0.2) is 12.2 Å². The third-order valence-corrected chi connectivity index (χ3v) is 2.92. The van der Waals surface area contributed by atoms with Crippen LogP contribution >= 0.6 is 0 Å². The Bertz CT molecular complexity index is 177. The van der Waals surface area contributed by atoms with Crippen molar-refractivity contribution >= 4 is 0 Å². The Morgan fingerprint density at radius 2 is 2.27 bits per heavy atom. The second-order valence-corrected chi connectivity index (χ2v) is 4.16. The number of epoxide rings is 1. The highest BCUT2D eigenvalue weighted by molar-refractivity contribution is 5.15. The van der Waals surface area contributed by atoms with Gasteiger partial charge in [0.05, 0.1) is 6.61 Å². The standard InChI is InChI=1S/C10H16O/c1-8(2)9-3-5-10(6-4-9)7-11-10/h3,5,8-9H,4,6-7H2,1-2H3/t9-,10+/m1/s1. The molecule has 0 aromatic carbocycles. The molecular weight excluding hydrogens is 136 g/mol. The molecule has 11 heavy (non-hydrogen) atoms. The first-order valence-corrected chi connectivity index (χ1v) is 4.55. The van der Waals surface area contributed by atoms with Crippen LogP contribution in [-0.2, 0) is 4.74 Å². The highest BCUT2D eigenvalue weighted by Gasteiger charge is 2.43. The van der Waals surface area contributed by atoms with Crippen molar-refractivity contribution in [2.75, 3.05) is 6.61 Å². The summed E-state index contributed by atoms with van der Waals surface area (Å²) in [5.41, 5.74) is 0.214. The summed E-state index contributed by atoms with van der Waals surface area (Å²) in [6.45, 7) is 5.55. The van der Waals surface area contributed by atoms with Crippen molar-refractivity contribution in [2.24, 2.45) is 11.8 Å². The first-order chi connectivity index (χ1) is 5.22. The molecule has 62 valence electrons. The number of rotatable bonds is 1. The zero-order chi connectivity index (χ0) is 7.90. The number of ether oxygens (including phenoxy) is 1. The van der Waals surface area contributed by atoms with Crippen LogP contribution in [0.4, 0.5) is 0 Å². The second kappa shape index (κ2) is 2.34. The van der Waals surface area contributed by atoms with Gasteiger partial charge >= 0.3 is 0 Å². The van der Waals surface area contributed by atoms with Crippen LogP contribution in [0.3, 0.4) is 0 Å². The van der Waals surface area contributed by atoms with E-state index in [0.717, 1.165) is 18.4 Å². The van der Waals surface area contributed by atoms with Gasteiger partial charge in [0.2, 0.25) is 0 Å². The summed E-state index contributed by atoms with van der Waals surface area (Å²) in [6.07, 6.45) is 7.18. The third kappa shape index (κ3) is 1.34. The SMILES string of the molecule is CC(C)[C@@H]1C=C[C@]2(CC1)CO2. The smallest absolute Gasteiger partial charge is 0.110 e. The van der Waals surface area contributed by atoms with Crippen LogP contribution < -0.4 is 0 Å². The molecule has 2 rings (SSSR count). The zero-order valence-electron chi connectivity index (χ0n) is 7.34. The molecule has 1 saturated heterocycles. The maximum absolute atomic E-state index is 5.38. The van der Waals surface area contributed by atoms with Gasteiger partial charge in [-0.05, 0) is 24.7 Å². The van der Waals surface area contributed by atoms with Gasteiger partial charge in [-0.15, -0.1) is 0 Å². The average molecular weight is 152 g/mol. The Morgan fingerprint density at radius 3 is 2.64 bits per heavy atom. The van der Waals surface area contributed by atoms with Gasteiger partial charge in [0.25, 0.3) is 0 Å². The Labute approximate surface area is 68.4 Å². The predicted molar refractivity (Wildman–Crippen MR) is 45.4 cm³/mol. The molecule has 1 spiro atoms. The summed E-state index contributed by atoms with van der Waals surface area (Å²) in [7, 11) is 0. The summed E-state index contributed by atoms with van der Waals surface area (Å²) in [4.78, 5) is 0. The molecule has 1 fully saturated rings. The van der Waals surface area contributed by atoms with Crippen LogP contribution in [0.5, 0.6) is 0 Å². The minimum absolute atomic E-state index is 0.214. The van der Waals surface area contributed by atoms with Crippen molar-refractivity contribution in [3.63, 3.8) is 0 Å². The molecule has 0 aromatic rings. The maximum Gasteiger partial charge on any atom is 0.110 e. The van der Waals surface area contributed by atoms with Gasteiger partial charge < -0.3 is 4.74 Å². The molecule has 0 unspecified atom stereocenters. The summed E-state index contributed by atoms with van der Waals surface area (Å²) < 4.78 is 5.38. The summed E-state index contributed by atoms with van der Waals surface area (Å²) in [6, 6.07) is 0. The van der Waals surface area contributed by atoms with Gasteiger partial charge in [-0.1, -0.05) is 26.0 Å². The third-order valence-electron chi connectivity index (χ3n) is 2.92. The predicted octanol–water partition coefficient (Wildman–Crippen LogP) is 2.38. The molecule has 0 amide bonds. The molecule has 2 aliphatic rings. The molecule has 0 bridgehead atoms. The summed E-state index contributed by atoms with van der Waals surface area (Å²) >= 11 is 0. The fourth-order valence-electron chi connectivity index (χ4n) is 1.78. The van der Waals surface area contributed by atoms with Crippen molar-refractivity contribution in [1.82, 2.24) is 0 Å². The number of allylic oxidation sites excluding steroid dienone is 1. The van der Waals surface area contributed by atoms with E-state index in [0.29, 0.717) is 0 Å². The minimum Gasteiger partial charge on any atom is -0.365 e. The van der Waals surface area contributed by atoms with Crippen LogP contribution in [-0.4, -0.2) is 12.2 Å². The van der Waals surface area contributed by atoms with Gasteiger partial charge in [0, 0.05) is 0 Å². The largest absolute Gasteiger partial charge is 0.365 e. The molecule has 2 atom stereocenters. The van der Waals surface area contributed by atoms with Crippen LogP contribution in [0, 0.1) is 11.8 Å². The Kier molecular flexibility index (Phi) is 1.57. The van der Waals surface area contributed by atoms with E-state index in [2.05, 4.69) is 26.0 Å². The van der Waals surface area contributed by atoms with Crippen LogP contribution in [0.2, 0.25) is 0 Å². The van der Waals surface area contributed by atoms with Crippen molar-refractivity contribution in [3.05, 3.63) is 12.2 Å². The quantitative estimate of drug-likeness (QED) is 0.415. The van der Waals surface area contributed by atoms with Crippen LogP contribution in [0.1, 0.15) is 26.7 Å². The lowest BCUT2D eigenvalue weighted by molar-refractivity contribution is 0.289. The minimum atomic E-state index is 0.214. The van der Waals surface area contributed by atoms with Crippen LogP contribution in [0.25, 0.3) is 0 Å². The average Bonchev–Trinajstić information content (AvgIpc) is 2.70. The lowest BCUT2D eigenvalue weighted by Gasteiger charge is -2.23. The fourth-order valence-corrected chi connectivity index (χ4v) is 1.78. The van der Waals surface area contributed by atoms with E-state index in [1.165, 1.54) is 12.8 Å². The molecule has 1 aliphatic carbocycles. The van der Waals surface area contributed by atoms with Gasteiger partial charge in [-0.25, -0.2) is 0 Å². The van der Waals surface area contributed by atoms with E-state index >= 15 is 0 Å². The van der Waals surface area contributed by atoms with Crippen molar-refractivity contribution in [3.8, 4) is 0 Å². The summed E-state index contributed by atoms with van der Waals surface area (Å²) in [5.74, 6) is 1.59. The monoisotopic (exact) mass is 152 g/mol. The normalized spacial score (nSPS) is 41.9. The molecule has 0 saturated carbocycles. The second-order valence-electron chi connectivity index (χ2n) is 4.16. The van der Waals surface area contributed by atoms with Gasteiger partial charge in [0.1, 0.15) is 5.60 Å². The number of hydrogen-bond donors (Lipinski definition) is 0. The molecule has 0 N–H and O–H groups in total. The molecule has 1 aliphatic heterocycles. The summed E-state index contributed by atoms with van der Waals surface area (Å²) in [5, 5.41) is 0. The van der Waals surface area contributed by atoms with E-state index in [4.69, 9.17) is 4.74 Å². The lowest BCUT2D eigenvalue weighted by Crippen LogP contribution is -2.18.